The minimum absolute atomic E-state index is 0.122. The Labute approximate surface area is 151 Å². The van der Waals surface area contributed by atoms with Crippen LogP contribution in [0.15, 0.2) is 53.4 Å². The molecule has 1 aliphatic rings. The lowest BCUT2D eigenvalue weighted by atomic mass is 10.2. The van der Waals surface area contributed by atoms with Crippen molar-refractivity contribution >= 4 is 28.7 Å². The van der Waals surface area contributed by atoms with Crippen LogP contribution in [0.4, 0.5) is 0 Å². The average molecular weight is 351 g/mol. The van der Waals surface area contributed by atoms with Gasteiger partial charge in [0.2, 0.25) is 0 Å². The summed E-state index contributed by atoms with van der Waals surface area (Å²) < 4.78 is 2.29. The molecule has 0 saturated carbocycles. The van der Waals surface area contributed by atoms with E-state index in [2.05, 4.69) is 15.6 Å². The molecule has 1 atom stereocenters. The molecule has 4 rings (SSSR count). The van der Waals surface area contributed by atoms with Crippen LogP contribution in [0.2, 0.25) is 0 Å². The molecule has 0 aliphatic carbocycles. The molecule has 4 nitrogen and oxygen atoms in total. The molecule has 0 radical (unpaired) electrons. The van der Waals surface area contributed by atoms with Crippen LogP contribution in [-0.2, 0) is 0 Å². The van der Waals surface area contributed by atoms with Gasteiger partial charge < -0.3 is 9.47 Å². The van der Waals surface area contributed by atoms with E-state index in [1.165, 1.54) is 4.90 Å². The van der Waals surface area contributed by atoms with Crippen LogP contribution in [0.5, 0.6) is 0 Å². The first-order valence-corrected chi connectivity index (χ1v) is 9.77. The predicted octanol–water partition coefficient (Wildman–Crippen LogP) is 4.15. The zero-order chi connectivity index (χ0) is 17.4. The van der Waals surface area contributed by atoms with Gasteiger partial charge in [-0.3, -0.25) is 4.79 Å². The number of imidazole rings is 1. The highest BCUT2D eigenvalue weighted by Gasteiger charge is 2.29. The Morgan fingerprint density at radius 2 is 1.92 bits per heavy atom. The molecule has 3 aromatic rings. The fraction of sp³-hybridized carbons (Fsp3) is 0.300. The molecule has 1 amide bonds. The first kappa shape index (κ1) is 16.2. The van der Waals surface area contributed by atoms with Gasteiger partial charge in [-0.15, -0.1) is 11.8 Å². The van der Waals surface area contributed by atoms with Crippen molar-refractivity contribution in [3.05, 3.63) is 59.9 Å². The molecule has 0 spiro atoms. The molecule has 1 saturated heterocycles. The van der Waals surface area contributed by atoms with E-state index in [9.17, 15) is 4.79 Å². The van der Waals surface area contributed by atoms with Crippen molar-refractivity contribution in [2.75, 3.05) is 19.3 Å². The van der Waals surface area contributed by atoms with Gasteiger partial charge in [-0.05, 0) is 56.0 Å². The van der Waals surface area contributed by atoms with E-state index in [0.717, 1.165) is 41.9 Å². The number of hydrogen-bond donors (Lipinski definition) is 0. The summed E-state index contributed by atoms with van der Waals surface area (Å²) in [5, 5.41) is 0. The Hall–Kier alpha value is -2.27. The third-order valence-electron chi connectivity index (χ3n) is 4.92. The number of thioether (sulfide) groups is 1. The smallest absolute Gasteiger partial charge is 0.253 e. The molecule has 5 heteroatoms. The van der Waals surface area contributed by atoms with Crippen LogP contribution >= 0.6 is 11.8 Å². The molecule has 1 fully saturated rings. The summed E-state index contributed by atoms with van der Waals surface area (Å²) in [4.78, 5) is 20.6. The van der Waals surface area contributed by atoms with Gasteiger partial charge in [-0.2, -0.15) is 0 Å². The zero-order valence-corrected chi connectivity index (χ0v) is 15.3. The molecule has 128 valence electrons. The van der Waals surface area contributed by atoms with Crippen molar-refractivity contribution in [2.45, 2.75) is 24.3 Å². The maximum atomic E-state index is 12.8. The second-order valence-corrected chi connectivity index (χ2v) is 7.32. The largest absolute Gasteiger partial charge is 0.336 e. The molecule has 25 heavy (non-hydrogen) atoms. The van der Waals surface area contributed by atoms with E-state index in [4.69, 9.17) is 0 Å². The van der Waals surface area contributed by atoms with Crippen LogP contribution in [0, 0.1) is 6.92 Å². The topological polar surface area (TPSA) is 38.1 Å². The van der Waals surface area contributed by atoms with E-state index in [-0.39, 0.29) is 5.91 Å². The van der Waals surface area contributed by atoms with Crippen LogP contribution in [-0.4, -0.2) is 39.7 Å². The monoisotopic (exact) mass is 351 g/mol. The van der Waals surface area contributed by atoms with Crippen molar-refractivity contribution in [3.63, 3.8) is 0 Å². The Morgan fingerprint density at radius 1 is 1.16 bits per heavy atom. The number of benzene rings is 2. The number of likely N-dealkylation sites (tertiary alicyclic amines) is 1. The molecule has 1 aliphatic heterocycles. The summed E-state index contributed by atoms with van der Waals surface area (Å²) in [7, 11) is 0. The molecule has 1 unspecified atom stereocenters. The number of rotatable bonds is 3. The van der Waals surface area contributed by atoms with E-state index in [1.807, 2.05) is 60.5 Å². The highest BCUT2D eigenvalue weighted by Crippen LogP contribution is 2.29. The van der Waals surface area contributed by atoms with Gasteiger partial charge in [0.1, 0.15) is 5.82 Å². The van der Waals surface area contributed by atoms with Crippen LogP contribution < -0.4 is 0 Å². The Balaban J connectivity index is 1.56. The fourth-order valence-corrected chi connectivity index (χ4v) is 4.09. The summed E-state index contributed by atoms with van der Waals surface area (Å²) in [5.41, 5.74) is 2.95. The molecular formula is C20H21N3OS. The lowest BCUT2D eigenvalue weighted by Crippen LogP contribution is -2.29. The molecule has 1 aromatic heterocycles. The van der Waals surface area contributed by atoms with E-state index < -0.39 is 0 Å². The van der Waals surface area contributed by atoms with Crippen molar-refractivity contribution in [1.82, 2.24) is 14.5 Å². The number of fused-ring (bicyclic) bond motifs is 1. The number of hydrogen-bond acceptors (Lipinski definition) is 3. The summed E-state index contributed by atoms with van der Waals surface area (Å²) in [6, 6.07) is 16.4. The highest BCUT2D eigenvalue weighted by atomic mass is 32.2. The summed E-state index contributed by atoms with van der Waals surface area (Å²) in [5.74, 6) is 1.14. The zero-order valence-electron chi connectivity index (χ0n) is 14.5. The van der Waals surface area contributed by atoms with Gasteiger partial charge in [0.15, 0.2) is 0 Å². The van der Waals surface area contributed by atoms with Gasteiger partial charge in [0.25, 0.3) is 5.91 Å². The van der Waals surface area contributed by atoms with Gasteiger partial charge in [-0.1, -0.05) is 12.1 Å². The lowest BCUT2D eigenvalue weighted by Gasteiger charge is -2.18. The second-order valence-electron chi connectivity index (χ2n) is 6.44. The molecule has 0 bridgehead atoms. The minimum Gasteiger partial charge on any atom is -0.336 e. The molecule has 2 aromatic carbocycles. The van der Waals surface area contributed by atoms with Crippen molar-refractivity contribution < 1.29 is 4.79 Å². The fourth-order valence-electron chi connectivity index (χ4n) is 3.68. The molecular weight excluding hydrogens is 330 g/mol. The third kappa shape index (κ3) is 2.93. The summed E-state index contributed by atoms with van der Waals surface area (Å²) in [6.07, 6.45) is 3.01. The maximum absolute atomic E-state index is 12.8. The standard InChI is InChI=1S/C20H21N3OS/c1-14-21-18-5-3-4-6-19(18)23(14)16-11-12-22(13-16)20(24)15-7-9-17(25-2)10-8-15/h3-10,16H,11-13H2,1-2H3. The van der Waals surface area contributed by atoms with Gasteiger partial charge in [0.05, 0.1) is 17.1 Å². The number of para-hydroxylation sites is 2. The Kier molecular flexibility index (Phi) is 4.25. The highest BCUT2D eigenvalue weighted by molar-refractivity contribution is 7.98. The first-order chi connectivity index (χ1) is 12.2. The quantitative estimate of drug-likeness (QED) is 0.665. The third-order valence-corrected chi connectivity index (χ3v) is 5.67. The number of aromatic nitrogens is 2. The Morgan fingerprint density at radius 3 is 2.68 bits per heavy atom. The van der Waals surface area contributed by atoms with Crippen molar-refractivity contribution in [1.29, 1.82) is 0 Å². The lowest BCUT2D eigenvalue weighted by molar-refractivity contribution is 0.0787. The number of amides is 1. The van der Waals surface area contributed by atoms with Crippen LogP contribution in [0.1, 0.15) is 28.6 Å². The number of carbonyl (C=O) groups is 1. The van der Waals surface area contributed by atoms with Crippen molar-refractivity contribution in [3.8, 4) is 0 Å². The normalized spacial score (nSPS) is 17.4. The summed E-state index contributed by atoms with van der Waals surface area (Å²) >= 11 is 1.69. The van der Waals surface area contributed by atoms with E-state index >= 15 is 0 Å². The molecule has 2 heterocycles. The maximum Gasteiger partial charge on any atom is 0.253 e. The average Bonchev–Trinajstić information content (AvgIpc) is 3.24. The predicted molar refractivity (Wildman–Crippen MR) is 102 cm³/mol. The number of aryl methyl sites for hydroxylation is 1. The van der Waals surface area contributed by atoms with Crippen LogP contribution in [0.25, 0.3) is 11.0 Å². The number of carbonyl (C=O) groups excluding carboxylic acids is 1. The van der Waals surface area contributed by atoms with Crippen LogP contribution in [0.3, 0.4) is 0 Å². The van der Waals surface area contributed by atoms with E-state index in [0.29, 0.717) is 6.04 Å². The SMILES string of the molecule is CSc1ccc(C(=O)N2CCC(n3c(C)nc4ccccc43)C2)cc1. The van der Waals surface area contributed by atoms with E-state index in [1.54, 1.807) is 11.8 Å². The number of nitrogens with zero attached hydrogens (tertiary/aromatic N) is 3. The first-order valence-electron chi connectivity index (χ1n) is 8.54. The second kappa shape index (κ2) is 6.56. The Bertz CT molecular complexity index is 916. The van der Waals surface area contributed by atoms with Gasteiger partial charge in [0, 0.05) is 23.5 Å². The molecule has 0 N–H and O–H groups in total. The van der Waals surface area contributed by atoms with Crippen molar-refractivity contribution in [2.24, 2.45) is 0 Å². The minimum atomic E-state index is 0.122. The van der Waals surface area contributed by atoms with Gasteiger partial charge >= 0.3 is 0 Å². The summed E-state index contributed by atoms with van der Waals surface area (Å²) in [6.45, 7) is 3.58. The van der Waals surface area contributed by atoms with Gasteiger partial charge in [-0.25, -0.2) is 4.98 Å².